The number of aromatic nitrogens is 1. The Morgan fingerprint density at radius 3 is 2.71 bits per heavy atom. The highest BCUT2D eigenvalue weighted by atomic mass is 16.3. The number of nitrogens with zero attached hydrogens (tertiary/aromatic N) is 4. The summed E-state index contributed by atoms with van der Waals surface area (Å²) in [5, 5.41) is 6.71. The Hall–Kier alpha value is -3.34. The molecule has 0 N–H and O–H groups in total. The lowest BCUT2D eigenvalue weighted by Crippen LogP contribution is -2.15. The number of hydrogen-bond acceptors (Lipinski definition) is 5. The van der Waals surface area contributed by atoms with Gasteiger partial charge in [0.2, 0.25) is 0 Å². The van der Waals surface area contributed by atoms with Gasteiger partial charge in [0.05, 0.1) is 5.70 Å². The monoisotopic (exact) mass is 418 g/mol. The van der Waals surface area contributed by atoms with Gasteiger partial charge in [0, 0.05) is 44.3 Å². The van der Waals surface area contributed by atoms with Gasteiger partial charge in [0.25, 0.3) is 0 Å². The lowest BCUT2D eigenvalue weighted by Gasteiger charge is -2.21. The van der Waals surface area contributed by atoms with Gasteiger partial charge in [0.15, 0.2) is 5.76 Å². The van der Waals surface area contributed by atoms with Gasteiger partial charge in [-0.05, 0) is 51.3 Å². The lowest BCUT2D eigenvalue weighted by molar-refractivity contribution is 0.450. The molecular weight excluding hydrogens is 384 g/mol. The smallest absolute Gasteiger partial charge is 0.153 e. The standard InChI is InChI=1S/C19H24N4O.C7H10/c1-6-11-22(5)12-9-15(3)23(20-4)17(7-2)19-13-16-14-21-10-8-18(16)24-19;1-7-5-3-2-4-6-7/h7-10,12-14H,3-4,6,11H2,1-2,5H3;3,5-6H,2,4H2,1H3/b12-9-,17-7-;. The van der Waals surface area contributed by atoms with E-state index in [1.54, 1.807) is 17.4 Å². The Kier molecular flexibility index (Phi) is 9.56. The van der Waals surface area contributed by atoms with Crippen LogP contribution in [0.2, 0.25) is 0 Å². The zero-order chi connectivity index (χ0) is 22.6. The minimum atomic E-state index is 0.698. The van der Waals surface area contributed by atoms with Crippen LogP contribution in [0, 0.1) is 0 Å². The van der Waals surface area contributed by atoms with E-state index >= 15 is 0 Å². The molecule has 5 heteroatoms. The molecule has 0 atom stereocenters. The first kappa shape index (κ1) is 23.9. The van der Waals surface area contributed by atoms with E-state index in [2.05, 4.69) is 60.4 Å². The molecule has 2 aromatic heterocycles. The summed E-state index contributed by atoms with van der Waals surface area (Å²) in [7, 11) is 2.03. The predicted octanol–water partition coefficient (Wildman–Crippen LogP) is 6.76. The molecule has 0 aromatic carbocycles. The van der Waals surface area contributed by atoms with Gasteiger partial charge >= 0.3 is 0 Å². The molecule has 2 heterocycles. The normalized spacial score (nSPS) is 13.5. The Labute approximate surface area is 186 Å². The summed E-state index contributed by atoms with van der Waals surface area (Å²) in [5.74, 6) is 0.698. The topological polar surface area (TPSA) is 44.9 Å². The maximum atomic E-state index is 5.90. The van der Waals surface area contributed by atoms with Crippen LogP contribution in [0.1, 0.15) is 45.8 Å². The third kappa shape index (κ3) is 7.14. The molecule has 2 aromatic rings. The number of pyridine rings is 1. The van der Waals surface area contributed by atoms with Crippen LogP contribution in [0.3, 0.4) is 0 Å². The van der Waals surface area contributed by atoms with Gasteiger partial charge in [0.1, 0.15) is 11.3 Å². The molecular formula is C26H34N4O. The molecule has 5 nitrogen and oxygen atoms in total. The highest BCUT2D eigenvalue weighted by Crippen LogP contribution is 2.28. The van der Waals surface area contributed by atoms with E-state index in [0.29, 0.717) is 11.5 Å². The summed E-state index contributed by atoms with van der Waals surface area (Å²) in [5.41, 5.74) is 3.69. The van der Waals surface area contributed by atoms with Crippen molar-refractivity contribution in [3.05, 3.63) is 84.7 Å². The van der Waals surface area contributed by atoms with Crippen LogP contribution in [-0.2, 0) is 0 Å². The second-order valence-corrected chi connectivity index (χ2v) is 7.37. The molecule has 0 unspecified atom stereocenters. The molecule has 0 fully saturated rings. The van der Waals surface area contributed by atoms with Crippen molar-refractivity contribution in [1.82, 2.24) is 14.9 Å². The van der Waals surface area contributed by atoms with Crippen molar-refractivity contribution in [2.45, 2.75) is 40.0 Å². The summed E-state index contributed by atoms with van der Waals surface area (Å²) < 4.78 is 5.90. The van der Waals surface area contributed by atoms with E-state index in [-0.39, 0.29) is 0 Å². The first-order chi connectivity index (χ1) is 15.0. The molecule has 0 radical (unpaired) electrons. The van der Waals surface area contributed by atoms with Crippen molar-refractivity contribution in [2.75, 3.05) is 13.6 Å². The molecule has 0 saturated carbocycles. The molecule has 3 rings (SSSR count). The number of hydrazone groups is 1. The summed E-state index contributed by atoms with van der Waals surface area (Å²) >= 11 is 0. The van der Waals surface area contributed by atoms with E-state index in [0.717, 1.165) is 29.6 Å². The maximum absolute atomic E-state index is 5.90. The Bertz CT molecular complexity index is 961. The fraction of sp³-hybridized carbons (Fsp3) is 0.308. The molecule has 164 valence electrons. The fourth-order valence-corrected chi connectivity index (χ4v) is 3.16. The number of fused-ring (bicyclic) bond motifs is 1. The Morgan fingerprint density at radius 1 is 1.35 bits per heavy atom. The van der Waals surface area contributed by atoms with Gasteiger partial charge in [-0.2, -0.15) is 5.10 Å². The van der Waals surface area contributed by atoms with Gasteiger partial charge in [-0.25, -0.2) is 5.01 Å². The minimum Gasteiger partial charge on any atom is -0.454 e. The fourth-order valence-electron chi connectivity index (χ4n) is 3.16. The van der Waals surface area contributed by atoms with Crippen LogP contribution < -0.4 is 0 Å². The number of rotatable bonds is 8. The predicted molar refractivity (Wildman–Crippen MR) is 132 cm³/mol. The summed E-state index contributed by atoms with van der Waals surface area (Å²) in [6.07, 6.45) is 19.5. The minimum absolute atomic E-state index is 0.698. The molecule has 31 heavy (non-hydrogen) atoms. The molecule has 0 spiro atoms. The SMILES string of the molecule is C=NN(C(=C)/C=C\N(C)CCC)/C(=C\C)c1cc2cnccc2o1.CC1=CCCC=C1. The van der Waals surface area contributed by atoms with Crippen LogP contribution in [0.5, 0.6) is 0 Å². The van der Waals surface area contributed by atoms with E-state index in [1.807, 2.05) is 44.5 Å². The van der Waals surface area contributed by atoms with Crippen LogP contribution in [-0.4, -0.2) is 35.2 Å². The van der Waals surface area contributed by atoms with E-state index < -0.39 is 0 Å². The first-order valence-corrected chi connectivity index (χ1v) is 10.7. The second-order valence-electron chi connectivity index (χ2n) is 7.37. The first-order valence-electron chi connectivity index (χ1n) is 10.7. The molecule has 1 aliphatic carbocycles. The molecule has 0 aliphatic heterocycles. The third-order valence-electron chi connectivity index (χ3n) is 4.76. The number of allylic oxidation sites excluding steroid dienone is 6. The molecule has 0 amide bonds. The highest BCUT2D eigenvalue weighted by Gasteiger charge is 2.16. The zero-order valence-corrected chi connectivity index (χ0v) is 19.2. The van der Waals surface area contributed by atoms with Crippen LogP contribution in [0.4, 0.5) is 0 Å². The molecule has 1 aliphatic rings. The average molecular weight is 419 g/mol. The summed E-state index contributed by atoms with van der Waals surface area (Å²) in [6.45, 7) is 14.9. The quantitative estimate of drug-likeness (QED) is 0.270. The van der Waals surface area contributed by atoms with Crippen molar-refractivity contribution in [1.29, 1.82) is 0 Å². The lowest BCUT2D eigenvalue weighted by atomic mass is 10.1. The largest absolute Gasteiger partial charge is 0.454 e. The van der Waals surface area contributed by atoms with E-state index in [4.69, 9.17) is 4.42 Å². The average Bonchev–Trinajstić information content (AvgIpc) is 3.20. The second kappa shape index (κ2) is 12.4. The zero-order valence-electron chi connectivity index (χ0n) is 19.2. The van der Waals surface area contributed by atoms with Crippen molar-refractivity contribution < 1.29 is 4.42 Å². The summed E-state index contributed by atoms with van der Waals surface area (Å²) in [4.78, 5) is 6.22. The van der Waals surface area contributed by atoms with Crippen molar-refractivity contribution in [3.8, 4) is 0 Å². The van der Waals surface area contributed by atoms with Gasteiger partial charge < -0.3 is 9.32 Å². The van der Waals surface area contributed by atoms with Crippen molar-refractivity contribution in [2.24, 2.45) is 5.10 Å². The van der Waals surface area contributed by atoms with Crippen molar-refractivity contribution in [3.63, 3.8) is 0 Å². The van der Waals surface area contributed by atoms with Gasteiger partial charge in [-0.1, -0.05) is 43.4 Å². The molecule has 0 bridgehead atoms. The Balaban J connectivity index is 0.000000412. The van der Waals surface area contributed by atoms with E-state index in [9.17, 15) is 0 Å². The van der Waals surface area contributed by atoms with Crippen LogP contribution in [0.25, 0.3) is 16.7 Å². The molecule has 0 saturated heterocycles. The van der Waals surface area contributed by atoms with E-state index in [1.165, 1.54) is 18.4 Å². The van der Waals surface area contributed by atoms with Crippen LogP contribution >= 0.6 is 0 Å². The van der Waals surface area contributed by atoms with Crippen LogP contribution in [0.15, 0.2) is 88.5 Å². The number of furan rings is 1. The van der Waals surface area contributed by atoms with Gasteiger partial charge in [-0.3, -0.25) is 4.98 Å². The highest BCUT2D eigenvalue weighted by molar-refractivity contribution is 5.81. The number of hydrogen-bond donors (Lipinski definition) is 0. The Morgan fingerprint density at radius 2 is 2.16 bits per heavy atom. The van der Waals surface area contributed by atoms with Gasteiger partial charge in [-0.15, -0.1) is 0 Å². The summed E-state index contributed by atoms with van der Waals surface area (Å²) in [6, 6.07) is 3.78. The van der Waals surface area contributed by atoms with Crippen molar-refractivity contribution >= 4 is 23.4 Å². The maximum Gasteiger partial charge on any atom is 0.153 e. The third-order valence-corrected chi connectivity index (χ3v) is 4.76.